The molecule has 0 aliphatic carbocycles. The van der Waals surface area contributed by atoms with Crippen LogP contribution in [0.1, 0.15) is 5.69 Å². The molecule has 0 radical (unpaired) electrons. The average molecular weight is 200 g/mol. The summed E-state index contributed by atoms with van der Waals surface area (Å²) >= 11 is 0. The first-order chi connectivity index (χ1) is 7.25. The Morgan fingerprint density at radius 2 is 1.73 bits per heavy atom. The van der Waals surface area contributed by atoms with E-state index in [0.717, 1.165) is 6.54 Å². The topological polar surface area (TPSA) is 19.0 Å². The van der Waals surface area contributed by atoms with Crippen molar-refractivity contribution in [3.8, 4) is 11.3 Å². The lowest BCUT2D eigenvalue weighted by molar-refractivity contribution is 0.398. The van der Waals surface area contributed by atoms with Crippen molar-refractivity contribution >= 4 is 0 Å². The largest absolute Gasteiger partial charge is 0.357 e. The summed E-state index contributed by atoms with van der Waals surface area (Å²) in [5, 5.41) is 0. The molecular weight excluding hydrogens is 184 g/mol. The number of hydrogen-bond donors (Lipinski definition) is 1. The van der Waals surface area contributed by atoms with E-state index in [0.29, 0.717) is 0 Å². The van der Waals surface area contributed by atoms with Crippen LogP contribution < -0.4 is 0 Å². The van der Waals surface area contributed by atoms with Gasteiger partial charge in [-0.25, -0.2) is 0 Å². The number of hydrogen-bond acceptors (Lipinski definition) is 1. The van der Waals surface area contributed by atoms with Gasteiger partial charge in [0.05, 0.1) is 0 Å². The number of benzene rings is 1. The molecular formula is C13H16N2. The smallest absolute Gasteiger partial charge is 0.0456 e. The predicted octanol–water partition coefficient (Wildman–Crippen LogP) is 2.74. The van der Waals surface area contributed by atoms with Gasteiger partial charge in [0, 0.05) is 17.9 Å². The number of rotatable bonds is 3. The van der Waals surface area contributed by atoms with Crippen LogP contribution in [0.4, 0.5) is 0 Å². The van der Waals surface area contributed by atoms with Gasteiger partial charge in [-0.05, 0) is 31.8 Å². The van der Waals surface area contributed by atoms with Crippen molar-refractivity contribution in [2.45, 2.75) is 6.54 Å². The monoisotopic (exact) mass is 200 g/mol. The maximum atomic E-state index is 3.42. The molecule has 0 saturated heterocycles. The second kappa shape index (κ2) is 4.32. The van der Waals surface area contributed by atoms with Crippen molar-refractivity contribution in [2.24, 2.45) is 0 Å². The summed E-state index contributed by atoms with van der Waals surface area (Å²) in [5.41, 5.74) is 3.67. The number of aromatic nitrogens is 1. The Morgan fingerprint density at radius 3 is 2.40 bits per heavy atom. The molecule has 0 aliphatic rings. The fraction of sp³-hybridized carbons (Fsp3) is 0.231. The van der Waals surface area contributed by atoms with E-state index in [1.54, 1.807) is 0 Å². The van der Waals surface area contributed by atoms with Gasteiger partial charge < -0.3 is 9.88 Å². The van der Waals surface area contributed by atoms with Crippen LogP contribution in [0.15, 0.2) is 42.5 Å². The summed E-state index contributed by atoms with van der Waals surface area (Å²) in [6, 6.07) is 14.7. The van der Waals surface area contributed by atoms with Crippen molar-refractivity contribution in [3.63, 3.8) is 0 Å². The van der Waals surface area contributed by atoms with E-state index in [9.17, 15) is 0 Å². The Morgan fingerprint density at radius 1 is 1.00 bits per heavy atom. The molecule has 0 amide bonds. The van der Waals surface area contributed by atoms with Crippen molar-refractivity contribution in [3.05, 3.63) is 48.2 Å². The minimum atomic E-state index is 0.951. The molecule has 0 saturated carbocycles. The molecule has 0 spiro atoms. The predicted molar refractivity (Wildman–Crippen MR) is 63.6 cm³/mol. The minimum Gasteiger partial charge on any atom is -0.357 e. The molecule has 0 bridgehead atoms. The highest BCUT2D eigenvalue weighted by Gasteiger charge is 2.01. The summed E-state index contributed by atoms with van der Waals surface area (Å²) in [6.07, 6.45) is 0. The first-order valence-electron chi connectivity index (χ1n) is 5.14. The van der Waals surface area contributed by atoms with Crippen LogP contribution in [0, 0.1) is 0 Å². The molecule has 2 nitrogen and oxygen atoms in total. The van der Waals surface area contributed by atoms with Crippen LogP contribution >= 0.6 is 0 Å². The van der Waals surface area contributed by atoms with Gasteiger partial charge in [0.25, 0.3) is 0 Å². The van der Waals surface area contributed by atoms with Crippen LogP contribution in [0.3, 0.4) is 0 Å². The SMILES string of the molecule is CN(C)Cc1ccc(-c2ccccc2)[nH]1. The minimum absolute atomic E-state index is 0.951. The molecule has 2 heteroatoms. The summed E-state index contributed by atoms with van der Waals surface area (Å²) in [5.74, 6) is 0. The molecule has 78 valence electrons. The normalized spacial score (nSPS) is 10.9. The molecule has 0 unspecified atom stereocenters. The lowest BCUT2D eigenvalue weighted by atomic mass is 10.2. The molecule has 0 aliphatic heterocycles. The van der Waals surface area contributed by atoms with Crippen LogP contribution in [-0.4, -0.2) is 24.0 Å². The summed E-state index contributed by atoms with van der Waals surface area (Å²) < 4.78 is 0. The lowest BCUT2D eigenvalue weighted by Gasteiger charge is -2.06. The Hall–Kier alpha value is -1.54. The summed E-state index contributed by atoms with van der Waals surface area (Å²) in [7, 11) is 4.14. The number of H-pyrrole nitrogens is 1. The van der Waals surface area contributed by atoms with Gasteiger partial charge in [-0.3, -0.25) is 0 Å². The molecule has 1 heterocycles. The third-order valence-electron chi connectivity index (χ3n) is 2.32. The molecule has 2 rings (SSSR count). The fourth-order valence-electron chi connectivity index (χ4n) is 1.66. The van der Waals surface area contributed by atoms with Crippen molar-refractivity contribution in [1.29, 1.82) is 0 Å². The van der Waals surface area contributed by atoms with Gasteiger partial charge in [-0.15, -0.1) is 0 Å². The van der Waals surface area contributed by atoms with Crippen LogP contribution in [-0.2, 0) is 6.54 Å². The summed E-state index contributed by atoms with van der Waals surface area (Å²) in [6.45, 7) is 0.951. The van der Waals surface area contributed by atoms with Crippen molar-refractivity contribution in [2.75, 3.05) is 14.1 Å². The molecule has 1 aromatic heterocycles. The average Bonchev–Trinajstić information content (AvgIpc) is 2.67. The van der Waals surface area contributed by atoms with Crippen LogP contribution in [0.5, 0.6) is 0 Å². The third kappa shape index (κ3) is 2.48. The number of nitrogens with zero attached hydrogens (tertiary/aromatic N) is 1. The van der Waals surface area contributed by atoms with Gasteiger partial charge in [0.2, 0.25) is 0 Å². The third-order valence-corrected chi connectivity index (χ3v) is 2.32. The van der Waals surface area contributed by atoms with Gasteiger partial charge in [0.1, 0.15) is 0 Å². The van der Waals surface area contributed by atoms with E-state index in [-0.39, 0.29) is 0 Å². The van der Waals surface area contributed by atoms with E-state index < -0.39 is 0 Å². The van der Waals surface area contributed by atoms with Crippen LogP contribution in [0.25, 0.3) is 11.3 Å². The molecule has 0 atom stereocenters. The van der Waals surface area contributed by atoms with Gasteiger partial charge in [-0.2, -0.15) is 0 Å². The Balaban J connectivity index is 2.21. The lowest BCUT2D eigenvalue weighted by Crippen LogP contribution is -2.10. The summed E-state index contributed by atoms with van der Waals surface area (Å²) in [4.78, 5) is 5.57. The standard InChI is InChI=1S/C13H16N2/c1-15(2)10-12-8-9-13(14-12)11-6-4-3-5-7-11/h3-9,14H,10H2,1-2H3. The maximum absolute atomic E-state index is 3.42. The highest BCUT2D eigenvalue weighted by atomic mass is 15.1. The first-order valence-corrected chi connectivity index (χ1v) is 5.14. The Labute approximate surface area is 90.6 Å². The zero-order chi connectivity index (χ0) is 10.7. The van der Waals surface area contributed by atoms with Gasteiger partial charge in [-0.1, -0.05) is 30.3 Å². The molecule has 15 heavy (non-hydrogen) atoms. The molecule has 0 fully saturated rings. The zero-order valence-electron chi connectivity index (χ0n) is 9.20. The Kier molecular flexibility index (Phi) is 2.88. The van der Waals surface area contributed by atoms with Crippen LogP contribution in [0.2, 0.25) is 0 Å². The molecule has 1 N–H and O–H groups in total. The highest BCUT2D eigenvalue weighted by molar-refractivity contribution is 5.59. The first kappa shape index (κ1) is 9.99. The second-order valence-corrected chi connectivity index (χ2v) is 4.00. The fourth-order valence-corrected chi connectivity index (χ4v) is 1.66. The van der Waals surface area contributed by atoms with E-state index in [1.807, 2.05) is 6.07 Å². The molecule has 1 aromatic carbocycles. The number of aromatic amines is 1. The highest BCUT2D eigenvalue weighted by Crippen LogP contribution is 2.18. The van der Waals surface area contributed by atoms with Gasteiger partial charge in [0.15, 0.2) is 0 Å². The Bertz CT molecular complexity index is 415. The maximum Gasteiger partial charge on any atom is 0.0456 e. The quantitative estimate of drug-likeness (QED) is 0.807. The van der Waals surface area contributed by atoms with E-state index >= 15 is 0 Å². The van der Waals surface area contributed by atoms with E-state index in [1.165, 1.54) is 17.0 Å². The van der Waals surface area contributed by atoms with Crippen molar-refractivity contribution < 1.29 is 0 Å². The van der Waals surface area contributed by atoms with Crippen molar-refractivity contribution in [1.82, 2.24) is 9.88 Å². The van der Waals surface area contributed by atoms with Gasteiger partial charge >= 0.3 is 0 Å². The van der Waals surface area contributed by atoms with E-state index in [4.69, 9.17) is 0 Å². The van der Waals surface area contributed by atoms with E-state index in [2.05, 4.69) is 60.4 Å². The molecule has 2 aromatic rings. The number of nitrogens with one attached hydrogen (secondary N) is 1. The zero-order valence-corrected chi connectivity index (χ0v) is 9.20. The second-order valence-electron chi connectivity index (χ2n) is 4.00.